The van der Waals surface area contributed by atoms with Gasteiger partial charge in [-0.25, -0.2) is 0 Å². The lowest BCUT2D eigenvalue weighted by molar-refractivity contribution is 0.0904. The van der Waals surface area contributed by atoms with Crippen LogP contribution in [0.3, 0.4) is 0 Å². The topological polar surface area (TPSA) is 50.4 Å². The zero-order valence-corrected chi connectivity index (χ0v) is 14.6. The average Bonchev–Trinajstić information content (AvgIpc) is 2.70. The molecule has 1 aliphatic heterocycles. The molecule has 1 aliphatic rings. The second-order valence-corrected chi connectivity index (χ2v) is 6.62. The molecule has 0 saturated carbocycles. The van der Waals surface area contributed by atoms with Gasteiger partial charge in [0.05, 0.1) is 0 Å². The molecule has 132 valence electrons. The maximum absolute atomic E-state index is 12.5. The lowest BCUT2D eigenvalue weighted by atomic mass is 10.1. The van der Waals surface area contributed by atoms with Crippen molar-refractivity contribution in [3.63, 3.8) is 0 Å². The van der Waals surface area contributed by atoms with Crippen LogP contribution in [0.15, 0.2) is 66.7 Å². The van der Waals surface area contributed by atoms with Crippen LogP contribution in [-0.2, 0) is 4.74 Å². The summed E-state index contributed by atoms with van der Waals surface area (Å²) >= 11 is 0. The van der Waals surface area contributed by atoms with Crippen molar-refractivity contribution in [1.82, 2.24) is 0 Å². The van der Waals surface area contributed by atoms with Crippen LogP contribution in [0, 0.1) is 0 Å². The molecule has 1 amide bonds. The fourth-order valence-electron chi connectivity index (χ4n) is 3.26. The first-order valence-corrected chi connectivity index (χ1v) is 9.02. The molecule has 0 atom stereocenters. The highest BCUT2D eigenvalue weighted by molar-refractivity contribution is 6.06. The zero-order valence-electron chi connectivity index (χ0n) is 14.6. The Morgan fingerprint density at radius 3 is 2.31 bits per heavy atom. The SMILES string of the molecule is O=C(Nc1ccc(NC2CCOCC2)cc1)c1ccc2ccccc2c1. The summed E-state index contributed by atoms with van der Waals surface area (Å²) in [4.78, 5) is 12.5. The Bertz CT molecular complexity index is 899. The summed E-state index contributed by atoms with van der Waals surface area (Å²) < 4.78 is 5.38. The summed E-state index contributed by atoms with van der Waals surface area (Å²) in [5.74, 6) is -0.0964. The van der Waals surface area contributed by atoms with Gasteiger partial charge in [0.15, 0.2) is 0 Å². The maximum Gasteiger partial charge on any atom is 0.255 e. The van der Waals surface area contributed by atoms with Crippen molar-refractivity contribution in [1.29, 1.82) is 0 Å². The van der Waals surface area contributed by atoms with Crippen LogP contribution in [0.25, 0.3) is 10.8 Å². The number of rotatable bonds is 4. The van der Waals surface area contributed by atoms with Crippen LogP contribution in [-0.4, -0.2) is 25.2 Å². The first kappa shape index (κ1) is 16.6. The minimum atomic E-state index is -0.0964. The van der Waals surface area contributed by atoms with Gasteiger partial charge in [-0.3, -0.25) is 4.79 Å². The first-order valence-electron chi connectivity index (χ1n) is 9.02. The van der Waals surface area contributed by atoms with Crippen LogP contribution in [0.5, 0.6) is 0 Å². The number of benzene rings is 3. The van der Waals surface area contributed by atoms with Crippen molar-refractivity contribution in [3.8, 4) is 0 Å². The highest BCUT2D eigenvalue weighted by Gasteiger charge is 2.13. The minimum absolute atomic E-state index is 0.0964. The summed E-state index contributed by atoms with van der Waals surface area (Å²) in [6.45, 7) is 1.63. The predicted octanol–water partition coefficient (Wildman–Crippen LogP) is 4.68. The minimum Gasteiger partial charge on any atom is -0.382 e. The van der Waals surface area contributed by atoms with E-state index in [0.717, 1.165) is 48.2 Å². The van der Waals surface area contributed by atoms with Gasteiger partial charge in [-0.05, 0) is 60.0 Å². The number of hydrogen-bond acceptors (Lipinski definition) is 3. The molecule has 0 radical (unpaired) electrons. The molecule has 0 bridgehead atoms. The van der Waals surface area contributed by atoms with Gasteiger partial charge in [0.2, 0.25) is 0 Å². The molecular formula is C22H22N2O2. The first-order chi connectivity index (χ1) is 12.8. The number of amides is 1. The van der Waals surface area contributed by atoms with Crippen LogP contribution in [0.2, 0.25) is 0 Å². The third-order valence-electron chi connectivity index (χ3n) is 4.75. The Balaban J connectivity index is 1.41. The molecule has 4 rings (SSSR count). The van der Waals surface area contributed by atoms with E-state index in [1.54, 1.807) is 0 Å². The van der Waals surface area contributed by atoms with E-state index in [4.69, 9.17) is 4.74 Å². The molecule has 26 heavy (non-hydrogen) atoms. The van der Waals surface area contributed by atoms with Crippen LogP contribution in [0.4, 0.5) is 11.4 Å². The van der Waals surface area contributed by atoms with E-state index in [9.17, 15) is 4.79 Å². The van der Waals surface area contributed by atoms with E-state index in [-0.39, 0.29) is 5.91 Å². The van der Waals surface area contributed by atoms with Crippen molar-refractivity contribution in [2.75, 3.05) is 23.8 Å². The van der Waals surface area contributed by atoms with Gasteiger partial charge >= 0.3 is 0 Å². The Morgan fingerprint density at radius 2 is 1.54 bits per heavy atom. The molecule has 1 fully saturated rings. The molecule has 3 aromatic rings. The normalized spacial score (nSPS) is 14.9. The monoisotopic (exact) mass is 346 g/mol. The number of carbonyl (C=O) groups excluding carboxylic acids is 1. The van der Waals surface area contributed by atoms with Crippen LogP contribution < -0.4 is 10.6 Å². The zero-order chi connectivity index (χ0) is 17.8. The fourth-order valence-corrected chi connectivity index (χ4v) is 3.26. The van der Waals surface area contributed by atoms with Crippen LogP contribution in [0.1, 0.15) is 23.2 Å². The number of nitrogens with one attached hydrogen (secondary N) is 2. The van der Waals surface area contributed by atoms with Gasteiger partial charge < -0.3 is 15.4 Å². The Hall–Kier alpha value is -2.85. The van der Waals surface area contributed by atoms with E-state index in [0.29, 0.717) is 11.6 Å². The summed E-state index contributed by atoms with van der Waals surface area (Å²) in [6.07, 6.45) is 2.06. The van der Waals surface area contributed by atoms with Crippen LogP contribution >= 0.6 is 0 Å². The summed E-state index contributed by atoms with van der Waals surface area (Å²) in [7, 11) is 0. The van der Waals surface area contributed by atoms with Gasteiger partial charge in [-0.2, -0.15) is 0 Å². The predicted molar refractivity (Wildman–Crippen MR) is 106 cm³/mol. The number of fused-ring (bicyclic) bond motifs is 1. The largest absolute Gasteiger partial charge is 0.382 e. The van der Waals surface area contributed by atoms with Crippen molar-refractivity contribution >= 4 is 28.1 Å². The molecule has 4 heteroatoms. The third kappa shape index (κ3) is 3.86. The highest BCUT2D eigenvalue weighted by atomic mass is 16.5. The van der Waals surface area contributed by atoms with Gasteiger partial charge in [0.1, 0.15) is 0 Å². The standard InChI is InChI=1S/C22H22N2O2/c25-22(18-6-5-16-3-1-2-4-17(16)15-18)24-20-9-7-19(8-10-20)23-21-11-13-26-14-12-21/h1-10,15,21,23H,11-14H2,(H,24,25). The van der Waals surface area contributed by atoms with Gasteiger partial charge in [0.25, 0.3) is 5.91 Å². The molecule has 2 N–H and O–H groups in total. The van der Waals surface area contributed by atoms with Crippen molar-refractivity contribution in [3.05, 3.63) is 72.3 Å². The molecule has 1 heterocycles. The third-order valence-corrected chi connectivity index (χ3v) is 4.75. The Morgan fingerprint density at radius 1 is 0.846 bits per heavy atom. The Labute approximate surface area is 153 Å². The molecule has 4 nitrogen and oxygen atoms in total. The van der Waals surface area contributed by atoms with Gasteiger partial charge in [0, 0.05) is 36.2 Å². The number of hydrogen-bond donors (Lipinski definition) is 2. The smallest absolute Gasteiger partial charge is 0.255 e. The lowest BCUT2D eigenvalue weighted by Crippen LogP contribution is -2.27. The quantitative estimate of drug-likeness (QED) is 0.721. The van der Waals surface area contributed by atoms with Crippen molar-refractivity contribution < 1.29 is 9.53 Å². The summed E-state index contributed by atoms with van der Waals surface area (Å²) in [5.41, 5.74) is 2.52. The second-order valence-electron chi connectivity index (χ2n) is 6.62. The van der Waals surface area contributed by atoms with E-state index in [2.05, 4.69) is 10.6 Å². The van der Waals surface area contributed by atoms with E-state index in [1.165, 1.54) is 0 Å². The molecular weight excluding hydrogens is 324 g/mol. The van der Waals surface area contributed by atoms with Crippen molar-refractivity contribution in [2.45, 2.75) is 18.9 Å². The fraction of sp³-hybridized carbons (Fsp3) is 0.227. The summed E-state index contributed by atoms with van der Waals surface area (Å²) in [6, 6.07) is 22.1. The molecule has 0 spiro atoms. The van der Waals surface area contributed by atoms with Crippen molar-refractivity contribution in [2.24, 2.45) is 0 Å². The molecule has 1 saturated heterocycles. The number of carbonyl (C=O) groups is 1. The Kier molecular flexibility index (Phi) is 4.84. The van der Waals surface area contributed by atoms with E-state index >= 15 is 0 Å². The number of ether oxygens (including phenoxy) is 1. The number of anilines is 2. The molecule has 0 aromatic heterocycles. The summed E-state index contributed by atoms with van der Waals surface area (Å²) in [5, 5.41) is 8.69. The molecule has 0 unspecified atom stereocenters. The second kappa shape index (κ2) is 7.58. The molecule has 3 aromatic carbocycles. The van der Waals surface area contributed by atoms with E-state index < -0.39 is 0 Å². The maximum atomic E-state index is 12.5. The lowest BCUT2D eigenvalue weighted by Gasteiger charge is -2.24. The average molecular weight is 346 g/mol. The molecule has 0 aliphatic carbocycles. The van der Waals surface area contributed by atoms with E-state index in [1.807, 2.05) is 66.7 Å². The van der Waals surface area contributed by atoms with Gasteiger partial charge in [-0.1, -0.05) is 30.3 Å². The van der Waals surface area contributed by atoms with Gasteiger partial charge in [-0.15, -0.1) is 0 Å². The highest BCUT2D eigenvalue weighted by Crippen LogP contribution is 2.20.